The summed E-state index contributed by atoms with van der Waals surface area (Å²) < 4.78 is 20.0. The first kappa shape index (κ1) is 15.0. The molecule has 2 N–H and O–H groups in total. The number of amides is 1. The second-order valence-electron chi connectivity index (χ2n) is 5.08. The van der Waals surface area contributed by atoms with Crippen LogP contribution in [-0.4, -0.2) is 24.8 Å². The summed E-state index contributed by atoms with van der Waals surface area (Å²) in [5.74, 6) is 0.921. The van der Waals surface area contributed by atoms with Gasteiger partial charge in [-0.1, -0.05) is 6.07 Å². The van der Waals surface area contributed by atoms with E-state index in [0.29, 0.717) is 41.7 Å². The van der Waals surface area contributed by atoms with Gasteiger partial charge in [0, 0.05) is 19.2 Å². The highest BCUT2D eigenvalue weighted by Crippen LogP contribution is 2.28. The number of ether oxygens (including phenoxy) is 1. The maximum atomic E-state index is 14.2. The predicted molar refractivity (Wildman–Crippen MR) is 86.6 cm³/mol. The molecular formula is C17H16FN3O2. The van der Waals surface area contributed by atoms with Crippen LogP contribution in [0.25, 0.3) is 0 Å². The summed E-state index contributed by atoms with van der Waals surface area (Å²) >= 11 is 0. The normalized spacial score (nSPS) is 13.2. The molecule has 0 fully saturated rings. The summed E-state index contributed by atoms with van der Waals surface area (Å²) in [6.45, 7) is 2.75. The van der Waals surface area contributed by atoms with E-state index >= 15 is 0 Å². The monoisotopic (exact) mass is 313 g/mol. The van der Waals surface area contributed by atoms with E-state index in [1.165, 1.54) is 13.0 Å². The smallest absolute Gasteiger partial charge is 0.221 e. The molecule has 1 amide bonds. The fourth-order valence-electron chi connectivity index (χ4n) is 2.32. The lowest BCUT2D eigenvalue weighted by atomic mass is 10.1. The van der Waals surface area contributed by atoms with E-state index < -0.39 is 0 Å². The van der Waals surface area contributed by atoms with Gasteiger partial charge in [0.15, 0.2) is 0 Å². The van der Waals surface area contributed by atoms with Crippen molar-refractivity contribution in [3.63, 3.8) is 0 Å². The Morgan fingerprint density at radius 1 is 1.26 bits per heavy atom. The third-order valence-corrected chi connectivity index (χ3v) is 3.29. The molecule has 0 saturated heterocycles. The quantitative estimate of drug-likeness (QED) is 0.912. The van der Waals surface area contributed by atoms with Crippen LogP contribution in [0.5, 0.6) is 11.5 Å². The van der Waals surface area contributed by atoms with E-state index in [4.69, 9.17) is 4.74 Å². The number of anilines is 1. The molecule has 3 rings (SSSR count). The Morgan fingerprint density at radius 2 is 2.04 bits per heavy atom. The molecule has 1 aliphatic heterocycles. The molecule has 0 spiro atoms. The molecule has 0 aliphatic carbocycles. The van der Waals surface area contributed by atoms with Gasteiger partial charge in [0.1, 0.15) is 23.2 Å². The van der Waals surface area contributed by atoms with Gasteiger partial charge < -0.3 is 15.4 Å². The number of benzene rings is 2. The summed E-state index contributed by atoms with van der Waals surface area (Å²) in [5, 5.41) is 5.73. The highest BCUT2D eigenvalue weighted by atomic mass is 19.1. The molecular weight excluding hydrogens is 297 g/mol. The zero-order chi connectivity index (χ0) is 16.2. The number of nitrogens with one attached hydrogen (secondary N) is 2. The SMILES string of the molecule is CC(=O)Nc1ccc(Oc2cccc(F)c2C2=NCCN2)cc1. The van der Waals surface area contributed by atoms with Crippen LogP contribution in [0.3, 0.4) is 0 Å². The molecule has 0 aromatic heterocycles. The predicted octanol–water partition coefficient (Wildman–Crippen LogP) is 2.93. The van der Waals surface area contributed by atoms with Gasteiger partial charge in [-0.2, -0.15) is 0 Å². The summed E-state index contributed by atoms with van der Waals surface area (Å²) in [7, 11) is 0. The van der Waals surface area contributed by atoms with Gasteiger partial charge in [-0.25, -0.2) is 4.39 Å². The standard InChI is InChI=1S/C17H16FN3O2/c1-11(22)21-12-5-7-13(8-6-12)23-15-4-2-3-14(18)16(15)17-19-9-10-20-17/h2-8H,9-10H2,1H3,(H,19,20)(H,21,22). The van der Waals surface area contributed by atoms with Crippen molar-refractivity contribution in [1.29, 1.82) is 0 Å². The van der Waals surface area contributed by atoms with Crippen molar-refractivity contribution in [2.75, 3.05) is 18.4 Å². The topological polar surface area (TPSA) is 62.7 Å². The van der Waals surface area contributed by atoms with Crippen LogP contribution < -0.4 is 15.4 Å². The van der Waals surface area contributed by atoms with Crippen LogP contribution in [0, 0.1) is 5.82 Å². The first-order valence-electron chi connectivity index (χ1n) is 7.26. The van der Waals surface area contributed by atoms with Gasteiger partial charge in [-0.15, -0.1) is 0 Å². The number of hydrogen-bond acceptors (Lipinski definition) is 4. The zero-order valence-electron chi connectivity index (χ0n) is 12.6. The van der Waals surface area contributed by atoms with Crippen LogP contribution in [0.15, 0.2) is 47.5 Å². The van der Waals surface area contributed by atoms with E-state index in [1.54, 1.807) is 36.4 Å². The number of amidine groups is 1. The Labute approximate surface area is 133 Å². The molecule has 5 nitrogen and oxygen atoms in total. The number of rotatable bonds is 4. The summed E-state index contributed by atoms with van der Waals surface area (Å²) in [6, 6.07) is 11.5. The fraction of sp³-hybridized carbons (Fsp3) is 0.176. The molecule has 6 heteroatoms. The highest BCUT2D eigenvalue weighted by Gasteiger charge is 2.18. The van der Waals surface area contributed by atoms with Crippen LogP contribution >= 0.6 is 0 Å². The molecule has 0 bridgehead atoms. The Balaban J connectivity index is 1.85. The third-order valence-electron chi connectivity index (χ3n) is 3.29. The number of aliphatic imine (C=N–C) groups is 1. The molecule has 2 aromatic rings. The molecule has 1 heterocycles. The van der Waals surface area contributed by atoms with Crippen molar-refractivity contribution in [3.8, 4) is 11.5 Å². The second-order valence-corrected chi connectivity index (χ2v) is 5.08. The number of halogens is 1. The molecule has 0 radical (unpaired) electrons. The Hall–Kier alpha value is -2.89. The van der Waals surface area contributed by atoms with Gasteiger partial charge in [0.2, 0.25) is 5.91 Å². The minimum atomic E-state index is -0.384. The lowest BCUT2D eigenvalue weighted by Crippen LogP contribution is -2.21. The lowest BCUT2D eigenvalue weighted by Gasteiger charge is -2.13. The third kappa shape index (κ3) is 3.48. The molecule has 1 aliphatic rings. The van der Waals surface area contributed by atoms with Crippen molar-refractivity contribution < 1.29 is 13.9 Å². The van der Waals surface area contributed by atoms with E-state index in [1.807, 2.05) is 0 Å². The average Bonchev–Trinajstić information content (AvgIpc) is 3.03. The molecule has 23 heavy (non-hydrogen) atoms. The van der Waals surface area contributed by atoms with Crippen LogP contribution in [0.4, 0.5) is 10.1 Å². The van der Waals surface area contributed by atoms with Gasteiger partial charge in [-0.05, 0) is 36.4 Å². The van der Waals surface area contributed by atoms with Gasteiger partial charge in [0.25, 0.3) is 0 Å². The maximum Gasteiger partial charge on any atom is 0.221 e. The number of carbonyl (C=O) groups is 1. The molecule has 118 valence electrons. The molecule has 2 aromatic carbocycles. The van der Waals surface area contributed by atoms with Crippen molar-refractivity contribution in [2.45, 2.75) is 6.92 Å². The summed E-state index contributed by atoms with van der Waals surface area (Å²) in [6.07, 6.45) is 0. The molecule has 0 saturated carbocycles. The number of hydrogen-bond donors (Lipinski definition) is 2. The Bertz CT molecular complexity index is 757. The minimum Gasteiger partial charge on any atom is -0.456 e. The van der Waals surface area contributed by atoms with Crippen LogP contribution in [0.2, 0.25) is 0 Å². The average molecular weight is 313 g/mol. The van der Waals surface area contributed by atoms with Gasteiger partial charge >= 0.3 is 0 Å². The minimum absolute atomic E-state index is 0.142. The van der Waals surface area contributed by atoms with Crippen molar-refractivity contribution in [2.24, 2.45) is 4.99 Å². The number of nitrogens with zero attached hydrogens (tertiary/aromatic N) is 1. The highest BCUT2D eigenvalue weighted by molar-refractivity contribution is 6.02. The van der Waals surface area contributed by atoms with Crippen LogP contribution in [0.1, 0.15) is 12.5 Å². The first-order chi connectivity index (χ1) is 11.1. The molecule has 0 unspecified atom stereocenters. The van der Waals surface area contributed by atoms with Crippen molar-refractivity contribution in [1.82, 2.24) is 5.32 Å². The Morgan fingerprint density at radius 3 is 2.70 bits per heavy atom. The van der Waals surface area contributed by atoms with Gasteiger partial charge in [0.05, 0.1) is 12.1 Å². The zero-order valence-corrected chi connectivity index (χ0v) is 12.6. The summed E-state index contributed by atoms with van der Waals surface area (Å²) in [5.41, 5.74) is 1.00. The van der Waals surface area contributed by atoms with Crippen LogP contribution in [-0.2, 0) is 4.79 Å². The maximum absolute atomic E-state index is 14.2. The largest absolute Gasteiger partial charge is 0.456 e. The lowest BCUT2D eigenvalue weighted by molar-refractivity contribution is -0.114. The number of carbonyl (C=O) groups excluding carboxylic acids is 1. The second kappa shape index (κ2) is 6.48. The van der Waals surface area contributed by atoms with E-state index in [-0.39, 0.29) is 11.7 Å². The van der Waals surface area contributed by atoms with Gasteiger partial charge in [-0.3, -0.25) is 9.79 Å². The van der Waals surface area contributed by atoms with Crippen molar-refractivity contribution in [3.05, 3.63) is 53.8 Å². The van der Waals surface area contributed by atoms with E-state index in [0.717, 1.165) is 0 Å². The first-order valence-corrected chi connectivity index (χ1v) is 7.26. The van der Waals surface area contributed by atoms with E-state index in [2.05, 4.69) is 15.6 Å². The van der Waals surface area contributed by atoms with Crippen molar-refractivity contribution >= 4 is 17.4 Å². The molecule has 0 atom stereocenters. The fourth-order valence-corrected chi connectivity index (χ4v) is 2.32. The Kier molecular flexibility index (Phi) is 4.23. The van der Waals surface area contributed by atoms with E-state index in [9.17, 15) is 9.18 Å². The summed E-state index contributed by atoms with van der Waals surface area (Å²) in [4.78, 5) is 15.3.